The van der Waals surface area contributed by atoms with Gasteiger partial charge in [0, 0.05) is 23.1 Å². The first-order valence-electron chi connectivity index (χ1n) is 7.00. The number of carbonyl (C=O) groups excluding carboxylic acids is 1. The van der Waals surface area contributed by atoms with Gasteiger partial charge in [-0.2, -0.15) is 0 Å². The third-order valence-corrected chi connectivity index (χ3v) is 3.81. The summed E-state index contributed by atoms with van der Waals surface area (Å²) >= 11 is 0. The molecule has 0 fully saturated rings. The molecule has 20 heavy (non-hydrogen) atoms. The summed E-state index contributed by atoms with van der Waals surface area (Å²) in [6.07, 6.45) is 8.49. The van der Waals surface area contributed by atoms with E-state index < -0.39 is 6.04 Å². The number of hydrogen-bond donors (Lipinski definition) is 3. The Morgan fingerprint density at radius 1 is 1.35 bits per heavy atom. The molecule has 1 heterocycles. The molecule has 1 aliphatic rings. The molecule has 1 unspecified atom stereocenters. The fourth-order valence-corrected chi connectivity index (χ4v) is 2.67. The fraction of sp³-hybridized carbons (Fsp3) is 0.312. The number of hydrogen-bond acceptors (Lipinski definition) is 2. The van der Waals surface area contributed by atoms with E-state index in [-0.39, 0.29) is 11.9 Å². The number of carbonyl (C=O) groups is 1. The number of benzene rings is 1. The number of para-hydroxylation sites is 1. The van der Waals surface area contributed by atoms with Gasteiger partial charge in [0.05, 0.1) is 6.04 Å². The summed E-state index contributed by atoms with van der Waals surface area (Å²) in [5.41, 5.74) is 8.20. The Morgan fingerprint density at radius 3 is 2.90 bits per heavy atom. The van der Waals surface area contributed by atoms with Crippen molar-refractivity contribution in [2.75, 3.05) is 0 Å². The molecule has 1 amide bonds. The van der Waals surface area contributed by atoms with Gasteiger partial charge in [0.15, 0.2) is 0 Å². The monoisotopic (exact) mass is 269 g/mol. The van der Waals surface area contributed by atoms with Crippen molar-refractivity contribution in [1.29, 1.82) is 0 Å². The van der Waals surface area contributed by atoms with Crippen LogP contribution in [0.5, 0.6) is 0 Å². The van der Waals surface area contributed by atoms with Crippen molar-refractivity contribution in [2.45, 2.75) is 31.3 Å². The van der Waals surface area contributed by atoms with Crippen LogP contribution in [0.2, 0.25) is 0 Å². The smallest absolute Gasteiger partial charge is 0.237 e. The van der Waals surface area contributed by atoms with Crippen molar-refractivity contribution in [3.63, 3.8) is 0 Å². The summed E-state index contributed by atoms with van der Waals surface area (Å²) < 4.78 is 0. The molecule has 4 heteroatoms. The Balaban J connectivity index is 1.65. The lowest BCUT2D eigenvalue weighted by atomic mass is 10.0. The summed E-state index contributed by atoms with van der Waals surface area (Å²) in [7, 11) is 0. The van der Waals surface area contributed by atoms with Crippen LogP contribution in [0.3, 0.4) is 0 Å². The van der Waals surface area contributed by atoms with E-state index in [1.54, 1.807) is 0 Å². The fourth-order valence-electron chi connectivity index (χ4n) is 2.67. The number of aromatic amines is 1. The number of nitrogens with one attached hydrogen (secondary N) is 2. The number of aromatic nitrogens is 1. The van der Waals surface area contributed by atoms with Crippen molar-refractivity contribution < 1.29 is 4.79 Å². The van der Waals surface area contributed by atoms with E-state index in [2.05, 4.69) is 22.5 Å². The van der Waals surface area contributed by atoms with Crippen molar-refractivity contribution in [1.82, 2.24) is 10.3 Å². The second kappa shape index (κ2) is 5.51. The highest BCUT2D eigenvalue weighted by atomic mass is 16.2. The standard InChI is InChI=1S/C16H19N3O/c17-14(16(20)19-12-5-1-2-6-12)9-11-10-18-15-8-4-3-7-13(11)15/h1-4,7-8,10,12,14,18H,5-6,9,17H2,(H,19,20). The largest absolute Gasteiger partial charge is 0.361 e. The van der Waals surface area contributed by atoms with Crippen LogP contribution in [0.1, 0.15) is 18.4 Å². The maximum Gasteiger partial charge on any atom is 0.237 e. The third-order valence-electron chi connectivity index (χ3n) is 3.81. The predicted molar refractivity (Wildman–Crippen MR) is 80.3 cm³/mol. The number of fused-ring (bicyclic) bond motifs is 1. The average Bonchev–Trinajstić information content (AvgIpc) is 3.09. The molecular weight excluding hydrogens is 250 g/mol. The van der Waals surface area contributed by atoms with Gasteiger partial charge < -0.3 is 16.0 Å². The Morgan fingerprint density at radius 2 is 2.10 bits per heavy atom. The van der Waals surface area contributed by atoms with E-state index >= 15 is 0 Å². The van der Waals surface area contributed by atoms with E-state index in [0.29, 0.717) is 6.42 Å². The molecule has 1 aromatic heterocycles. The second-order valence-electron chi connectivity index (χ2n) is 5.32. The highest BCUT2D eigenvalue weighted by Crippen LogP contribution is 2.19. The van der Waals surface area contributed by atoms with Gasteiger partial charge in [-0.3, -0.25) is 4.79 Å². The summed E-state index contributed by atoms with van der Waals surface area (Å²) in [5.74, 6) is -0.0658. The summed E-state index contributed by atoms with van der Waals surface area (Å²) in [4.78, 5) is 15.3. The van der Waals surface area contributed by atoms with Crippen molar-refractivity contribution in [3.05, 3.63) is 48.2 Å². The summed E-state index contributed by atoms with van der Waals surface area (Å²) in [6.45, 7) is 0. The van der Waals surface area contributed by atoms with Gasteiger partial charge in [0.2, 0.25) is 5.91 Å². The minimum atomic E-state index is -0.505. The van der Waals surface area contributed by atoms with Crippen LogP contribution < -0.4 is 11.1 Å². The zero-order valence-electron chi connectivity index (χ0n) is 11.3. The van der Waals surface area contributed by atoms with Crippen molar-refractivity contribution in [3.8, 4) is 0 Å². The third kappa shape index (κ3) is 2.60. The van der Waals surface area contributed by atoms with Gasteiger partial charge in [0.1, 0.15) is 0 Å². The first-order valence-corrected chi connectivity index (χ1v) is 7.00. The predicted octanol–water partition coefficient (Wildman–Crippen LogP) is 1.87. The highest BCUT2D eigenvalue weighted by molar-refractivity contribution is 5.86. The quantitative estimate of drug-likeness (QED) is 0.742. The minimum Gasteiger partial charge on any atom is -0.361 e. The normalized spacial score (nSPS) is 16.6. The molecule has 4 N–H and O–H groups in total. The maximum atomic E-state index is 12.1. The summed E-state index contributed by atoms with van der Waals surface area (Å²) in [5, 5.41) is 4.14. The molecule has 0 aliphatic heterocycles. The van der Waals surface area contributed by atoms with Crippen molar-refractivity contribution in [2.24, 2.45) is 5.73 Å². The van der Waals surface area contributed by atoms with Crippen LogP contribution in [0.4, 0.5) is 0 Å². The number of amides is 1. The lowest BCUT2D eigenvalue weighted by molar-refractivity contribution is -0.122. The topological polar surface area (TPSA) is 70.9 Å². The molecule has 3 rings (SSSR count). The maximum absolute atomic E-state index is 12.1. The van der Waals surface area contributed by atoms with Gasteiger partial charge in [-0.25, -0.2) is 0 Å². The zero-order valence-corrected chi connectivity index (χ0v) is 11.3. The molecule has 104 valence electrons. The lowest BCUT2D eigenvalue weighted by Gasteiger charge is -2.16. The first kappa shape index (κ1) is 12.9. The molecule has 4 nitrogen and oxygen atoms in total. The van der Waals surface area contributed by atoms with Gasteiger partial charge in [0.25, 0.3) is 0 Å². The number of rotatable bonds is 4. The van der Waals surface area contributed by atoms with Gasteiger partial charge in [-0.05, 0) is 30.9 Å². The number of nitrogens with two attached hydrogens (primary N) is 1. The van der Waals surface area contributed by atoms with E-state index in [1.807, 2.05) is 30.5 Å². The summed E-state index contributed by atoms with van der Waals surface area (Å²) in [6, 6.07) is 7.77. The van der Waals surface area contributed by atoms with E-state index in [0.717, 1.165) is 29.3 Å². The second-order valence-corrected chi connectivity index (χ2v) is 5.32. The van der Waals surface area contributed by atoms with Crippen LogP contribution in [-0.4, -0.2) is 23.0 Å². The van der Waals surface area contributed by atoms with E-state index in [9.17, 15) is 4.79 Å². The molecule has 0 saturated heterocycles. The van der Waals surface area contributed by atoms with Crippen LogP contribution in [-0.2, 0) is 11.2 Å². The SMILES string of the molecule is NC(Cc1c[nH]c2ccccc12)C(=O)NC1CC=CC1. The molecule has 0 radical (unpaired) electrons. The Hall–Kier alpha value is -2.07. The molecular formula is C16H19N3O. The Labute approximate surface area is 118 Å². The average molecular weight is 269 g/mol. The molecule has 0 bridgehead atoms. The molecule has 0 saturated carbocycles. The van der Waals surface area contributed by atoms with Crippen LogP contribution in [0.25, 0.3) is 10.9 Å². The van der Waals surface area contributed by atoms with Crippen molar-refractivity contribution >= 4 is 16.8 Å². The molecule has 1 atom stereocenters. The zero-order chi connectivity index (χ0) is 13.9. The van der Waals surface area contributed by atoms with Gasteiger partial charge in [-0.15, -0.1) is 0 Å². The van der Waals surface area contributed by atoms with Crippen LogP contribution >= 0.6 is 0 Å². The number of H-pyrrole nitrogens is 1. The van der Waals surface area contributed by atoms with Gasteiger partial charge in [-0.1, -0.05) is 30.4 Å². The van der Waals surface area contributed by atoms with Gasteiger partial charge >= 0.3 is 0 Å². The Bertz CT molecular complexity index is 636. The molecule has 1 aromatic carbocycles. The van der Waals surface area contributed by atoms with E-state index in [1.165, 1.54) is 0 Å². The molecule has 1 aliphatic carbocycles. The van der Waals surface area contributed by atoms with E-state index in [4.69, 9.17) is 5.73 Å². The molecule has 2 aromatic rings. The minimum absolute atomic E-state index is 0.0658. The molecule has 0 spiro atoms. The first-order chi connectivity index (χ1) is 9.74. The van der Waals surface area contributed by atoms with Crippen LogP contribution in [0.15, 0.2) is 42.6 Å². The Kier molecular flexibility index (Phi) is 3.56. The van der Waals surface area contributed by atoms with Crippen LogP contribution in [0, 0.1) is 0 Å². The highest BCUT2D eigenvalue weighted by Gasteiger charge is 2.19. The lowest BCUT2D eigenvalue weighted by Crippen LogP contribution is -2.45.